The van der Waals surface area contributed by atoms with Gasteiger partial charge in [0.1, 0.15) is 0 Å². The first-order valence-corrected chi connectivity index (χ1v) is 32.3. The van der Waals surface area contributed by atoms with Crippen LogP contribution >= 0.6 is 0 Å². The molecule has 0 saturated heterocycles. The van der Waals surface area contributed by atoms with Gasteiger partial charge in [0, 0.05) is 12.8 Å². The number of allylic oxidation sites excluding steroid dienone is 5. The van der Waals surface area contributed by atoms with Crippen LogP contribution in [0.5, 0.6) is 0 Å². The van der Waals surface area contributed by atoms with Gasteiger partial charge in [-0.25, -0.2) is 0 Å². The van der Waals surface area contributed by atoms with Crippen molar-refractivity contribution >= 4 is 11.9 Å². The summed E-state index contributed by atoms with van der Waals surface area (Å²) in [5.74, 6) is -0.0929. The second-order valence-corrected chi connectivity index (χ2v) is 22.1. The fraction of sp³-hybridized carbons (Fsp3) is 0.879. The first kappa shape index (κ1) is 70.1. The van der Waals surface area contributed by atoms with Crippen molar-refractivity contribution in [3.05, 3.63) is 36.5 Å². The lowest BCUT2D eigenvalue weighted by Gasteiger charge is -2.20. The molecule has 1 amide bonds. The van der Waals surface area contributed by atoms with Crippen molar-refractivity contribution in [2.75, 3.05) is 13.2 Å². The van der Waals surface area contributed by atoms with Gasteiger partial charge in [-0.3, -0.25) is 9.59 Å². The van der Waals surface area contributed by atoms with E-state index in [0.717, 1.165) is 83.5 Å². The highest BCUT2D eigenvalue weighted by Gasteiger charge is 2.18. The number of hydrogen-bond donors (Lipinski definition) is 3. The Morgan fingerprint density at radius 1 is 0.389 bits per heavy atom. The normalized spacial score (nSPS) is 12.8. The molecule has 0 spiro atoms. The minimum absolute atomic E-state index is 0.0113. The Bertz CT molecular complexity index is 1170. The lowest BCUT2D eigenvalue weighted by atomic mass is 10.0. The average molecular weight is 1010 g/mol. The fourth-order valence-electron chi connectivity index (χ4n) is 9.96. The summed E-state index contributed by atoms with van der Waals surface area (Å²) in [6, 6.07) is -0.641. The number of esters is 1. The molecule has 3 N–H and O–H groups in total. The van der Waals surface area contributed by atoms with Crippen LogP contribution in [0, 0.1) is 0 Å². The van der Waals surface area contributed by atoms with Gasteiger partial charge in [-0.2, -0.15) is 0 Å². The third-order valence-electron chi connectivity index (χ3n) is 14.9. The molecule has 0 aliphatic heterocycles. The zero-order valence-corrected chi connectivity index (χ0v) is 48.4. The van der Waals surface area contributed by atoms with Crippen LogP contribution in [-0.2, 0) is 14.3 Å². The molecule has 424 valence electrons. The van der Waals surface area contributed by atoms with Crippen molar-refractivity contribution in [3.63, 3.8) is 0 Å². The van der Waals surface area contributed by atoms with Gasteiger partial charge in [0.25, 0.3) is 0 Å². The zero-order valence-electron chi connectivity index (χ0n) is 48.4. The monoisotopic (exact) mass is 1010 g/mol. The van der Waals surface area contributed by atoms with Crippen LogP contribution < -0.4 is 5.32 Å². The molecule has 2 unspecified atom stereocenters. The number of ether oxygens (including phenoxy) is 1. The lowest BCUT2D eigenvalue weighted by molar-refractivity contribution is -0.143. The molecule has 0 saturated carbocycles. The van der Waals surface area contributed by atoms with E-state index in [4.69, 9.17) is 4.74 Å². The quantitative estimate of drug-likeness (QED) is 0.0320. The summed E-state index contributed by atoms with van der Waals surface area (Å²) < 4.78 is 5.48. The summed E-state index contributed by atoms with van der Waals surface area (Å²) in [6.45, 7) is 4.89. The molecule has 6 nitrogen and oxygen atoms in total. The van der Waals surface area contributed by atoms with Gasteiger partial charge in [0.05, 0.1) is 25.4 Å². The van der Waals surface area contributed by atoms with Gasteiger partial charge < -0.3 is 20.3 Å². The molecule has 0 fully saturated rings. The molecule has 0 rings (SSSR count). The molecule has 0 heterocycles. The number of amides is 1. The Kier molecular flexibility index (Phi) is 60.0. The summed E-state index contributed by atoms with van der Waals surface area (Å²) >= 11 is 0. The Labute approximate surface area is 449 Å². The number of rotatable bonds is 60. The lowest BCUT2D eigenvalue weighted by Crippen LogP contribution is -2.45. The second kappa shape index (κ2) is 61.6. The predicted octanol–water partition coefficient (Wildman–Crippen LogP) is 20.4. The van der Waals surface area contributed by atoms with E-state index >= 15 is 0 Å². The summed E-state index contributed by atoms with van der Waals surface area (Å²) in [7, 11) is 0. The number of unbranched alkanes of at least 4 members (excludes halogenated alkanes) is 45. The van der Waals surface area contributed by atoms with Crippen molar-refractivity contribution in [1.82, 2.24) is 5.32 Å². The molecule has 0 aliphatic rings. The maximum atomic E-state index is 12.5. The standard InChI is InChI=1S/C66H125NO5/c1-3-5-7-9-11-13-15-17-19-21-23-26-30-34-38-42-46-50-54-58-64(69)63(62-68)67-65(70)59-55-51-47-43-39-35-31-27-25-29-33-37-41-45-49-53-57-61-72-66(71)60-56-52-48-44-40-36-32-28-24-22-20-18-16-14-12-10-8-6-4-2/h25,29,37,41,54,58,63-64,68-69H,3-24,26-28,30-36,38-40,42-53,55-57,59-62H2,1-2H3,(H,67,70)/b29-25-,41-37-,58-54+. The van der Waals surface area contributed by atoms with E-state index in [-0.39, 0.29) is 18.5 Å². The maximum absolute atomic E-state index is 12.5. The Morgan fingerprint density at radius 3 is 1.06 bits per heavy atom. The zero-order chi connectivity index (χ0) is 52.2. The van der Waals surface area contributed by atoms with Crippen LogP contribution in [0.4, 0.5) is 0 Å². The SMILES string of the molecule is CCCCCCCCCCCCCCCCCCC/C=C/C(O)C(CO)NC(=O)CCCCCCCCC/C=C\C/C=C\CCCCCOC(=O)CCCCCCCCCCCCCCCCCCCCC. The van der Waals surface area contributed by atoms with E-state index in [9.17, 15) is 19.8 Å². The maximum Gasteiger partial charge on any atom is 0.305 e. The molecular formula is C66H125NO5. The smallest absolute Gasteiger partial charge is 0.305 e. The largest absolute Gasteiger partial charge is 0.466 e. The predicted molar refractivity (Wildman–Crippen MR) is 315 cm³/mol. The minimum Gasteiger partial charge on any atom is -0.466 e. The second-order valence-electron chi connectivity index (χ2n) is 22.1. The van der Waals surface area contributed by atoms with E-state index in [2.05, 4.69) is 43.5 Å². The third kappa shape index (κ3) is 57.4. The van der Waals surface area contributed by atoms with Crippen molar-refractivity contribution < 1.29 is 24.5 Å². The number of hydrogen-bond acceptors (Lipinski definition) is 5. The Hall–Kier alpha value is -1.92. The summed E-state index contributed by atoms with van der Waals surface area (Å²) in [4.78, 5) is 24.6. The van der Waals surface area contributed by atoms with Crippen LogP contribution in [0.3, 0.4) is 0 Å². The molecule has 0 aromatic rings. The summed E-state index contributed by atoms with van der Waals surface area (Å²) in [6.07, 6.45) is 77.6. The topological polar surface area (TPSA) is 95.9 Å². The first-order valence-electron chi connectivity index (χ1n) is 32.3. The van der Waals surface area contributed by atoms with Gasteiger partial charge in [-0.15, -0.1) is 0 Å². The van der Waals surface area contributed by atoms with E-state index in [1.165, 1.54) is 238 Å². The van der Waals surface area contributed by atoms with Gasteiger partial charge in [-0.1, -0.05) is 301 Å². The molecule has 0 aliphatic carbocycles. The molecule has 0 bridgehead atoms. The van der Waals surface area contributed by atoms with E-state index in [0.29, 0.717) is 19.4 Å². The summed E-state index contributed by atoms with van der Waals surface area (Å²) in [5.41, 5.74) is 0. The van der Waals surface area contributed by atoms with E-state index in [1.54, 1.807) is 6.08 Å². The Balaban J connectivity index is 3.49. The van der Waals surface area contributed by atoms with Crippen molar-refractivity contribution in [2.45, 2.75) is 360 Å². The first-order chi connectivity index (χ1) is 35.5. The van der Waals surface area contributed by atoms with Gasteiger partial charge in [-0.05, 0) is 70.6 Å². The van der Waals surface area contributed by atoms with Crippen LogP contribution in [0.25, 0.3) is 0 Å². The van der Waals surface area contributed by atoms with Gasteiger partial charge >= 0.3 is 5.97 Å². The van der Waals surface area contributed by atoms with Crippen LogP contribution in [-0.4, -0.2) is 47.4 Å². The number of carbonyl (C=O) groups excluding carboxylic acids is 2. The van der Waals surface area contributed by atoms with Crippen molar-refractivity contribution in [3.8, 4) is 0 Å². The fourth-order valence-corrected chi connectivity index (χ4v) is 9.96. The molecule has 72 heavy (non-hydrogen) atoms. The van der Waals surface area contributed by atoms with Crippen molar-refractivity contribution in [1.29, 1.82) is 0 Å². The highest BCUT2D eigenvalue weighted by Crippen LogP contribution is 2.18. The van der Waals surface area contributed by atoms with Crippen molar-refractivity contribution in [2.24, 2.45) is 0 Å². The molecule has 0 aromatic heterocycles. The van der Waals surface area contributed by atoms with E-state index < -0.39 is 12.1 Å². The van der Waals surface area contributed by atoms with Crippen LogP contribution in [0.1, 0.15) is 348 Å². The molecule has 0 aromatic carbocycles. The van der Waals surface area contributed by atoms with Gasteiger partial charge in [0.15, 0.2) is 0 Å². The molecular weight excluding hydrogens is 887 g/mol. The van der Waals surface area contributed by atoms with Gasteiger partial charge in [0.2, 0.25) is 5.91 Å². The third-order valence-corrected chi connectivity index (χ3v) is 14.9. The average Bonchev–Trinajstić information content (AvgIpc) is 3.38. The minimum atomic E-state index is -0.856. The molecule has 0 radical (unpaired) electrons. The number of aliphatic hydroxyl groups excluding tert-OH is 2. The van der Waals surface area contributed by atoms with E-state index in [1.807, 2.05) is 6.08 Å². The summed E-state index contributed by atoms with van der Waals surface area (Å²) in [5, 5.41) is 23.2. The highest BCUT2D eigenvalue weighted by molar-refractivity contribution is 5.76. The highest BCUT2D eigenvalue weighted by atomic mass is 16.5. The number of aliphatic hydroxyl groups is 2. The number of carbonyl (C=O) groups is 2. The molecule has 6 heteroatoms. The molecule has 2 atom stereocenters. The Morgan fingerprint density at radius 2 is 0.694 bits per heavy atom. The van der Waals surface area contributed by atoms with Crippen LogP contribution in [0.15, 0.2) is 36.5 Å². The number of nitrogens with one attached hydrogen (secondary N) is 1. The van der Waals surface area contributed by atoms with Crippen LogP contribution in [0.2, 0.25) is 0 Å².